The number of carbonyl (C=O) groups is 2. The molecule has 0 aromatic heterocycles. The highest BCUT2D eigenvalue weighted by Gasteiger charge is 2.26. The number of nitrogens with one attached hydrogen (secondary N) is 1. The van der Waals surface area contributed by atoms with E-state index in [-0.39, 0.29) is 24.5 Å². The summed E-state index contributed by atoms with van der Waals surface area (Å²) < 4.78 is 5.19. The summed E-state index contributed by atoms with van der Waals surface area (Å²) >= 11 is 0. The average molecular weight is 257 g/mol. The van der Waals surface area contributed by atoms with E-state index in [0.717, 1.165) is 12.8 Å². The first-order chi connectivity index (χ1) is 8.28. The molecule has 18 heavy (non-hydrogen) atoms. The Labute approximate surface area is 108 Å². The van der Waals surface area contributed by atoms with Crippen molar-refractivity contribution >= 4 is 11.9 Å². The van der Waals surface area contributed by atoms with Crippen LogP contribution in [0.4, 0.5) is 0 Å². The Morgan fingerprint density at radius 3 is 2.22 bits per heavy atom. The molecule has 1 saturated carbocycles. The third-order valence-corrected chi connectivity index (χ3v) is 3.03. The molecule has 5 nitrogen and oxygen atoms in total. The highest BCUT2D eigenvalue weighted by Crippen LogP contribution is 2.24. The number of hydrogen-bond acceptors (Lipinski definition) is 4. The van der Waals surface area contributed by atoms with Gasteiger partial charge in [0.05, 0.1) is 12.5 Å². The topological polar surface area (TPSA) is 75.6 Å². The van der Waals surface area contributed by atoms with E-state index in [1.54, 1.807) is 0 Å². The second-order valence-electron chi connectivity index (χ2n) is 5.85. The average Bonchev–Trinajstić information content (AvgIpc) is 2.24. The summed E-state index contributed by atoms with van der Waals surface area (Å²) in [4.78, 5) is 22.3. The van der Waals surface area contributed by atoms with E-state index in [9.17, 15) is 9.59 Å². The molecule has 0 amide bonds. The minimum absolute atomic E-state index is 0.194. The zero-order chi connectivity index (χ0) is 13.8. The van der Waals surface area contributed by atoms with Gasteiger partial charge in [-0.15, -0.1) is 0 Å². The van der Waals surface area contributed by atoms with Crippen LogP contribution in [-0.2, 0) is 14.3 Å². The predicted octanol–water partition coefficient (Wildman–Crippen LogP) is 1.56. The van der Waals surface area contributed by atoms with E-state index < -0.39 is 11.6 Å². The van der Waals surface area contributed by atoms with Crippen molar-refractivity contribution in [2.75, 3.05) is 6.54 Å². The Morgan fingerprint density at radius 1 is 1.22 bits per heavy atom. The minimum Gasteiger partial charge on any atom is -0.481 e. The molecule has 1 aliphatic rings. The van der Waals surface area contributed by atoms with Crippen LogP contribution in [0, 0.1) is 5.92 Å². The molecular formula is C13H23NO4. The number of carbonyl (C=O) groups excluding carboxylic acids is 1. The van der Waals surface area contributed by atoms with Crippen LogP contribution >= 0.6 is 0 Å². The summed E-state index contributed by atoms with van der Waals surface area (Å²) in [6.07, 6.45) is 2.97. The van der Waals surface area contributed by atoms with Crippen molar-refractivity contribution in [1.29, 1.82) is 0 Å². The van der Waals surface area contributed by atoms with Gasteiger partial charge in [0.25, 0.3) is 0 Å². The van der Waals surface area contributed by atoms with Gasteiger partial charge in [0.2, 0.25) is 0 Å². The zero-order valence-corrected chi connectivity index (χ0v) is 11.4. The quantitative estimate of drug-likeness (QED) is 0.747. The first-order valence-electron chi connectivity index (χ1n) is 6.46. The molecule has 0 saturated heterocycles. The fourth-order valence-corrected chi connectivity index (χ4v) is 2.15. The van der Waals surface area contributed by atoms with Crippen molar-refractivity contribution in [3.05, 3.63) is 0 Å². The van der Waals surface area contributed by atoms with Crippen molar-refractivity contribution in [2.45, 2.75) is 58.1 Å². The summed E-state index contributed by atoms with van der Waals surface area (Å²) in [7, 11) is 0. The summed E-state index contributed by atoms with van der Waals surface area (Å²) in [6, 6.07) is 0.230. The molecule has 5 heteroatoms. The van der Waals surface area contributed by atoms with E-state index in [0.29, 0.717) is 12.8 Å². The summed E-state index contributed by atoms with van der Waals surface area (Å²) in [6.45, 7) is 5.70. The van der Waals surface area contributed by atoms with E-state index >= 15 is 0 Å². The molecule has 0 unspecified atom stereocenters. The number of carboxylic acids is 1. The first kappa shape index (κ1) is 15.0. The first-order valence-corrected chi connectivity index (χ1v) is 6.46. The number of aliphatic carboxylic acids is 1. The highest BCUT2D eigenvalue weighted by atomic mass is 16.6. The lowest BCUT2D eigenvalue weighted by molar-refractivity contribution is -0.154. The zero-order valence-electron chi connectivity index (χ0n) is 11.4. The number of carboxylic acid groups (broad SMARTS) is 1. The number of hydrogen-bond donors (Lipinski definition) is 2. The number of rotatable bonds is 4. The molecule has 0 aromatic rings. The van der Waals surface area contributed by atoms with Crippen LogP contribution in [0.25, 0.3) is 0 Å². The normalized spacial score (nSPS) is 24.6. The van der Waals surface area contributed by atoms with Crippen molar-refractivity contribution in [3.63, 3.8) is 0 Å². The van der Waals surface area contributed by atoms with Gasteiger partial charge < -0.3 is 15.2 Å². The summed E-state index contributed by atoms with van der Waals surface area (Å²) in [5, 5.41) is 12.0. The van der Waals surface area contributed by atoms with Crippen LogP contribution in [0.15, 0.2) is 0 Å². The van der Waals surface area contributed by atoms with Crippen molar-refractivity contribution in [3.8, 4) is 0 Å². The molecule has 0 aromatic carbocycles. The standard InChI is InChI=1S/C13H23NO4/c1-13(2,3)18-11(15)8-14-10-6-4-9(5-7-10)12(16)17/h9-10,14H,4-8H2,1-3H3,(H,16,17). The smallest absolute Gasteiger partial charge is 0.320 e. The summed E-state index contributed by atoms with van der Waals surface area (Å²) in [5.74, 6) is -1.19. The Hall–Kier alpha value is -1.10. The molecular weight excluding hydrogens is 234 g/mol. The van der Waals surface area contributed by atoms with E-state index in [1.165, 1.54) is 0 Å². The second-order valence-corrected chi connectivity index (χ2v) is 5.85. The Balaban J connectivity index is 2.22. The van der Waals surface area contributed by atoms with Gasteiger partial charge in [0, 0.05) is 6.04 Å². The fourth-order valence-electron chi connectivity index (χ4n) is 2.15. The number of esters is 1. The third-order valence-electron chi connectivity index (χ3n) is 3.03. The van der Waals surface area contributed by atoms with Crippen LogP contribution in [0.3, 0.4) is 0 Å². The molecule has 1 rings (SSSR count). The molecule has 2 N–H and O–H groups in total. The Kier molecular flexibility index (Phi) is 5.14. The van der Waals surface area contributed by atoms with Crippen molar-refractivity contribution < 1.29 is 19.4 Å². The highest BCUT2D eigenvalue weighted by molar-refractivity contribution is 5.72. The van der Waals surface area contributed by atoms with Crippen molar-refractivity contribution in [1.82, 2.24) is 5.32 Å². The van der Waals surface area contributed by atoms with E-state index in [1.807, 2.05) is 20.8 Å². The molecule has 0 atom stereocenters. The molecule has 1 fully saturated rings. The lowest BCUT2D eigenvalue weighted by Gasteiger charge is -2.27. The van der Waals surface area contributed by atoms with Crippen LogP contribution in [0.2, 0.25) is 0 Å². The van der Waals surface area contributed by atoms with E-state index in [2.05, 4.69) is 5.32 Å². The molecule has 1 aliphatic carbocycles. The maximum absolute atomic E-state index is 11.5. The largest absolute Gasteiger partial charge is 0.481 e. The van der Waals surface area contributed by atoms with Gasteiger partial charge in [-0.2, -0.15) is 0 Å². The van der Waals surface area contributed by atoms with Crippen LogP contribution in [0.5, 0.6) is 0 Å². The predicted molar refractivity (Wildman–Crippen MR) is 67.2 cm³/mol. The Bertz CT molecular complexity index is 301. The molecule has 0 bridgehead atoms. The maximum atomic E-state index is 11.5. The SMILES string of the molecule is CC(C)(C)OC(=O)CNC1CCC(C(=O)O)CC1. The minimum atomic E-state index is -0.708. The van der Waals surface area contributed by atoms with Crippen LogP contribution in [0.1, 0.15) is 46.5 Å². The van der Waals surface area contributed by atoms with Gasteiger partial charge in [-0.25, -0.2) is 0 Å². The fraction of sp³-hybridized carbons (Fsp3) is 0.846. The molecule has 104 valence electrons. The maximum Gasteiger partial charge on any atom is 0.320 e. The van der Waals surface area contributed by atoms with Crippen LogP contribution in [-0.4, -0.2) is 35.2 Å². The van der Waals surface area contributed by atoms with Crippen LogP contribution < -0.4 is 5.32 Å². The molecule has 0 heterocycles. The monoisotopic (exact) mass is 257 g/mol. The molecule has 0 aliphatic heterocycles. The van der Waals surface area contributed by atoms with Gasteiger partial charge in [0.1, 0.15) is 5.60 Å². The third kappa shape index (κ3) is 5.49. The second kappa shape index (κ2) is 6.18. The molecule has 0 spiro atoms. The lowest BCUT2D eigenvalue weighted by atomic mass is 9.86. The number of ether oxygens (including phenoxy) is 1. The lowest BCUT2D eigenvalue weighted by Crippen LogP contribution is -2.39. The summed E-state index contributed by atoms with van der Waals surface area (Å²) in [5.41, 5.74) is -0.459. The molecule has 0 radical (unpaired) electrons. The Morgan fingerprint density at radius 2 is 1.78 bits per heavy atom. The van der Waals surface area contributed by atoms with Gasteiger partial charge >= 0.3 is 11.9 Å². The van der Waals surface area contributed by atoms with Crippen molar-refractivity contribution in [2.24, 2.45) is 5.92 Å². The van der Waals surface area contributed by atoms with E-state index in [4.69, 9.17) is 9.84 Å². The van der Waals surface area contributed by atoms with Gasteiger partial charge in [0.15, 0.2) is 0 Å². The van der Waals surface area contributed by atoms with Gasteiger partial charge in [-0.1, -0.05) is 0 Å². The van der Waals surface area contributed by atoms with Gasteiger partial charge in [-0.05, 0) is 46.5 Å². The van der Waals surface area contributed by atoms with Gasteiger partial charge in [-0.3, -0.25) is 9.59 Å².